The molecule has 0 unspecified atom stereocenters. The van der Waals surface area contributed by atoms with Crippen LogP contribution in [-0.4, -0.2) is 64.5 Å². The summed E-state index contributed by atoms with van der Waals surface area (Å²) in [4.78, 5) is 25.4. The Morgan fingerprint density at radius 1 is 1.32 bits per heavy atom. The van der Waals surface area contributed by atoms with Gasteiger partial charge < -0.3 is 20.9 Å². The Labute approximate surface area is 216 Å². The molecule has 0 aliphatic carbocycles. The maximum Gasteiger partial charge on any atom is 0.270 e. The number of carbonyl (C=O) groups is 1. The molecule has 0 saturated carbocycles. The molecule has 0 aromatic carbocycles. The Kier molecular flexibility index (Phi) is 8.34. The quantitative estimate of drug-likeness (QED) is 0.355. The smallest absolute Gasteiger partial charge is 0.270 e. The predicted molar refractivity (Wildman–Crippen MR) is 141 cm³/mol. The van der Waals surface area contributed by atoms with Crippen molar-refractivity contribution in [3.63, 3.8) is 0 Å². The molecule has 37 heavy (non-hydrogen) atoms. The van der Waals surface area contributed by atoms with Crippen LogP contribution in [0.3, 0.4) is 0 Å². The number of hydrogen-bond donors (Lipinski definition) is 3. The number of aliphatic imine (C=N–C) groups is 1. The van der Waals surface area contributed by atoms with Crippen LogP contribution in [0.25, 0.3) is 11.3 Å². The van der Waals surface area contributed by atoms with Crippen molar-refractivity contribution < 1.29 is 23.1 Å². The topological polar surface area (TPSA) is 161 Å². The van der Waals surface area contributed by atoms with Gasteiger partial charge in [0.2, 0.25) is 0 Å². The van der Waals surface area contributed by atoms with Gasteiger partial charge in [-0.1, -0.05) is 6.07 Å². The van der Waals surface area contributed by atoms with E-state index < -0.39 is 20.5 Å². The van der Waals surface area contributed by atoms with Gasteiger partial charge in [0.1, 0.15) is 28.6 Å². The van der Waals surface area contributed by atoms with Crippen LogP contribution in [0.4, 0.5) is 0 Å². The molecule has 0 fully saturated rings. The Balaban J connectivity index is 2.01. The van der Waals surface area contributed by atoms with Crippen LogP contribution >= 0.6 is 0 Å². The fourth-order valence-corrected chi connectivity index (χ4v) is 4.72. The molecule has 0 aliphatic heterocycles. The highest BCUT2D eigenvalue weighted by Crippen LogP contribution is 2.33. The minimum Gasteiger partial charge on any atom is -0.490 e. The van der Waals surface area contributed by atoms with E-state index in [1.165, 1.54) is 36.0 Å². The lowest BCUT2D eigenvalue weighted by atomic mass is 10.2. The van der Waals surface area contributed by atoms with Crippen molar-refractivity contribution in [2.75, 3.05) is 20.3 Å². The van der Waals surface area contributed by atoms with E-state index in [1.54, 1.807) is 46.0 Å². The largest absolute Gasteiger partial charge is 0.490 e. The van der Waals surface area contributed by atoms with Crippen molar-refractivity contribution >= 4 is 32.8 Å². The number of fused-ring (bicyclic) bond motifs is 1. The first-order valence-corrected chi connectivity index (χ1v) is 13.0. The van der Waals surface area contributed by atoms with E-state index in [0.717, 1.165) is 0 Å². The van der Waals surface area contributed by atoms with Crippen LogP contribution in [-0.2, 0) is 14.6 Å². The van der Waals surface area contributed by atoms with Crippen LogP contribution in [0.2, 0.25) is 0 Å². The molecule has 0 spiro atoms. The van der Waals surface area contributed by atoms with Gasteiger partial charge in [0, 0.05) is 25.5 Å². The molecule has 4 N–H and O–H groups in total. The van der Waals surface area contributed by atoms with E-state index >= 15 is 0 Å². The number of nitrogens with zero attached hydrogens (tertiary/aromatic N) is 4. The Bertz CT molecular complexity index is 1440. The molecular formula is C25H32N6O5S. The molecular weight excluding hydrogens is 496 g/mol. The van der Waals surface area contributed by atoms with E-state index in [0.29, 0.717) is 17.0 Å². The number of pyridine rings is 2. The number of rotatable bonds is 9. The summed E-state index contributed by atoms with van der Waals surface area (Å²) in [7, 11) is -2.37. The molecule has 0 bridgehead atoms. The van der Waals surface area contributed by atoms with Crippen LogP contribution in [0, 0.1) is 0 Å². The Morgan fingerprint density at radius 3 is 2.65 bits per heavy atom. The Morgan fingerprint density at radius 2 is 2.05 bits per heavy atom. The second-order valence-electron chi connectivity index (χ2n) is 9.22. The summed E-state index contributed by atoms with van der Waals surface area (Å²) in [5.74, 6) is -0.372. The van der Waals surface area contributed by atoms with Crippen molar-refractivity contribution in [1.82, 2.24) is 19.7 Å². The molecule has 1 amide bonds. The molecule has 11 nitrogen and oxygen atoms in total. The number of ether oxygens (including phenoxy) is 1. The van der Waals surface area contributed by atoms with Gasteiger partial charge >= 0.3 is 0 Å². The summed E-state index contributed by atoms with van der Waals surface area (Å²) in [5, 5.41) is 12.0. The third-order valence-electron chi connectivity index (χ3n) is 5.56. The lowest BCUT2D eigenvalue weighted by molar-refractivity contribution is -0.115. The van der Waals surface area contributed by atoms with E-state index in [9.17, 15) is 18.3 Å². The number of amides is 1. The van der Waals surface area contributed by atoms with Crippen LogP contribution in [0.5, 0.6) is 5.75 Å². The summed E-state index contributed by atoms with van der Waals surface area (Å²) in [6, 6.07) is 6.53. The zero-order valence-corrected chi connectivity index (χ0v) is 22.3. The fraction of sp³-hybridized carbons (Fsp3) is 0.360. The SMILES string of the molecule is CN=C(C=C(N)c1cnc2cc(OCCO)c(S(=O)(=O)C(C)(C)C)cn12)C(=O)N[C@H](C)c1ccccn1. The average molecular weight is 529 g/mol. The lowest BCUT2D eigenvalue weighted by Crippen LogP contribution is -2.33. The number of aliphatic hydroxyl groups is 1. The molecule has 0 aliphatic rings. The second-order valence-corrected chi connectivity index (χ2v) is 11.9. The molecule has 12 heteroatoms. The highest BCUT2D eigenvalue weighted by molar-refractivity contribution is 7.92. The normalized spacial score (nSPS) is 14.0. The highest BCUT2D eigenvalue weighted by atomic mass is 32.2. The van der Waals surface area contributed by atoms with Crippen molar-refractivity contribution in [2.45, 2.75) is 43.4 Å². The summed E-state index contributed by atoms with van der Waals surface area (Å²) in [6.45, 7) is 6.19. The van der Waals surface area contributed by atoms with Gasteiger partial charge in [-0.2, -0.15) is 0 Å². The summed E-state index contributed by atoms with van der Waals surface area (Å²) in [5.41, 5.74) is 7.98. The predicted octanol–water partition coefficient (Wildman–Crippen LogP) is 1.92. The van der Waals surface area contributed by atoms with E-state index in [2.05, 4.69) is 20.3 Å². The molecule has 3 aromatic heterocycles. The monoisotopic (exact) mass is 528 g/mol. The third-order valence-corrected chi connectivity index (χ3v) is 8.06. The zero-order chi connectivity index (χ0) is 27.4. The third kappa shape index (κ3) is 5.97. The molecule has 3 aromatic rings. The zero-order valence-electron chi connectivity index (χ0n) is 21.5. The van der Waals surface area contributed by atoms with Crippen molar-refractivity contribution in [3.05, 3.63) is 60.3 Å². The highest BCUT2D eigenvalue weighted by Gasteiger charge is 2.34. The molecule has 3 rings (SSSR count). The van der Waals surface area contributed by atoms with Crippen molar-refractivity contribution in [2.24, 2.45) is 10.7 Å². The fourth-order valence-electron chi connectivity index (χ4n) is 3.43. The van der Waals surface area contributed by atoms with Crippen molar-refractivity contribution in [1.29, 1.82) is 0 Å². The van der Waals surface area contributed by atoms with Crippen molar-refractivity contribution in [3.8, 4) is 5.75 Å². The maximum atomic E-state index is 13.3. The molecule has 1 atom stereocenters. The minimum absolute atomic E-state index is 0.0701. The van der Waals surface area contributed by atoms with Gasteiger partial charge in [-0.05, 0) is 45.9 Å². The Hall–Kier alpha value is -3.77. The van der Waals surface area contributed by atoms with E-state index in [1.807, 2.05) is 6.07 Å². The molecule has 3 heterocycles. The van der Waals surface area contributed by atoms with Crippen LogP contribution in [0.1, 0.15) is 45.1 Å². The average Bonchev–Trinajstić information content (AvgIpc) is 3.28. The number of nitrogens with two attached hydrogens (primary N) is 1. The van der Waals surface area contributed by atoms with Gasteiger partial charge in [-0.25, -0.2) is 13.4 Å². The molecule has 0 radical (unpaired) electrons. The number of aliphatic hydroxyl groups excluding tert-OH is 1. The first-order chi connectivity index (χ1) is 17.4. The number of hydrogen-bond acceptors (Lipinski definition) is 9. The van der Waals surface area contributed by atoms with Gasteiger partial charge in [0.25, 0.3) is 5.91 Å². The second kappa shape index (κ2) is 11.1. The number of nitrogens with one attached hydrogen (secondary N) is 1. The van der Waals surface area contributed by atoms with Gasteiger partial charge in [-0.15, -0.1) is 0 Å². The molecule has 0 saturated heterocycles. The maximum absolute atomic E-state index is 13.3. The summed E-state index contributed by atoms with van der Waals surface area (Å²) in [6.07, 6.45) is 5.89. The number of aromatic nitrogens is 3. The van der Waals surface area contributed by atoms with E-state index in [4.69, 9.17) is 10.5 Å². The molecule has 198 valence electrons. The number of sulfone groups is 1. The number of imidazole rings is 1. The summed E-state index contributed by atoms with van der Waals surface area (Å²) < 4.78 is 32.6. The van der Waals surface area contributed by atoms with Crippen LogP contribution in [0.15, 0.2) is 58.8 Å². The van der Waals surface area contributed by atoms with Crippen LogP contribution < -0.4 is 15.8 Å². The first-order valence-electron chi connectivity index (χ1n) is 11.6. The lowest BCUT2D eigenvalue weighted by Gasteiger charge is -2.21. The van der Waals surface area contributed by atoms with Gasteiger partial charge in [-0.3, -0.25) is 19.2 Å². The first kappa shape index (κ1) is 27.8. The van der Waals surface area contributed by atoms with Gasteiger partial charge in [0.15, 0.2) is 9.84 Å². The summed E-state index contributed by atoms with van der Waals surface area (Å²) >= 11 is 0. The van der Waals surface area contributed by atoms with E-state index in [-0.39, 0.29) is 41.3 Å². The van der Waals surface area contributed by atoms with Gasteiger partial charge in [0.05, 0.1) is 40.7 Å². The standard InChI is InChI=1S/C25H32N6O5S/c1-16(18-8-6-7-9-28-18)30-24(33)19(27-5)12-17(26)20-14-29-23-13-21(36-11-10-32)22(15-31(20)23)37(34,35)25(2,3)4/h6-9,12-16,32H,10-11,26H2,1-5H3,(H,30,33)/t16-/m1/s1. The minimum atomic E-state index is -3.84. The number of carbonyl (C=O) groups excluding carboxylic acids is 1.